The molecule has 7 nitrogen and oxygen atoms in total. The molecule has 0 spiro atoms. The van der Waals surface area contributed by atoms with Gasteiger partial charge in [-0.15, -0.1) is 0 Å². The van der Waals surface area contributed by atoms with Crippen molar-refractivity contribution in [2.45, 2.75) is 25.9 Å². The Morgan fingerprint density at radius 3 is 2.19 bits per heavy atom. The normalized spacial score (nSPS) is 13.6. The summed E-state index contributed by atoms with van der Waals surface area (Å²) in [6, 6.07) is 15.0. The maximum atomic E-state index is 13.8. The number of rotatable bonds is 8. The molecule has 2 rings (SSSR count). The van der Waals surface area contributed by atoms with Gasteiger partial charge in [-0.05, 0) is 38.0 Å². The molecule has 1 unspecified atom stereocenters. The molecule has 0 N–H and O–H groups in total. The van der Waals surface area contributed by atoms with Crippen molar-refractivity contribution >= 4 is 13.3 Å². The zero-order valence-corrected chi connectivity index (χ0v) is 16.3. The van der Waals surface area contributed by atoms with Crippen molar-refractivity contribution in [2.24, 2.45) is 0 Å². The quantitative estimate of drug-likeness (QED) is 0.358. The standard InChI is InChI=1S/C19H21N2O5P/c1-4-25-27(24,26-5-2)19(3,16-9-7-6-8-10-16)17-11-12-18(21(22)23)15(13-17)14-20/h6-13H,4-5H2,1-3H3. The molecule has 2 aromatic rings. The molecule has 27 heavy (non-hydrogen) atoms. The highest BCUT2D eigenvalue weighted by atomic mass is 31.2. The molecule has 0 aliphatic heterocycles. The van der Waals surface area contributed by atoms with E-state index in [-0.39, 0.29) is 24.5 Å². The van der Waals surface area contributed by atoms with Gasteiger partial charge in [-0.1, -0.05) is 36.4 Å². The smallest absolute Gasteiger partial charge is 0.308 e. The molecule has 0 saturated carbocycles. The predicted molar refractivity (Wildman–Crippen MR) is 102 cm³/mol. The van der Waals surface area contributed by atoms with Gasteiger partial charge >= 0.3 is 7.60 Å². The van der Waals surface area contributed by atoms with E-state index in [9.17, 15) is 19.9 Å². The van der Waals surface area contributed by atoms with E-state index in [1.807, 2.05) is 12.1 Å². The van der Waals surface area contributed by atoms with Gasteiger partial charge in [0.25, 0.3) is 5.69 Å². The summed E-state index contributed by atoms with van der Waals surface area (Å²) >= 11 is 0. The molecule has 0 heterocycles. The molecule has 0 radical (unpaired) electrons. The van der Waals surface area contributed by atoms with Crippen LogP contribution < -0.4 is 0 Å². The fraction of sp³-hybridized carbons (Fsp3) is 0.316. The maximum Gasteiger partial charge on any atom is 0.345 e. The van der Waals surface area contributed by atoms with E-state index in [1.165, 1.54) is 18.2 Å². The first kappa shape index (κ1) is 20.8. The molecule has 0 saturated heterocycles. The first-order valence-electron chi connectivity index (χ1n) is 8.47. The summed E-state index contributed by atoms with van der Waals surface area (Å²) in [6.45, 7) is 5.47. The average Bonchev–Trinajstić information content (AvgIpc) is 2.67. The minimum Gasteiger partial charge on any atom is -0.308 e. The summed E-state index contributed by atoms with van der Waals surface area (Å²) in [5.74, 6) is 0. The topological polar surface area (TPSA) is 102 Å². The van der Waals surface area contributed by atoms with E-state index < -0.39 is 17.7 Å². The van der Waals surface area contributed by atoms with Crippen molar-refractivity contribution in [1.82, 2.24) is 0 Å². The van der Waals surface area contributed by atoms with Crippen molar-refractivity contribution in [3.05, 3.63) is 75.3 Å². The Kier molecular flexibility index (Phi) is 6.50. The van der Waals surface area contributed by atoms with E-state index in [0.29, 0.717) is 11.1 Å². The van der Waals surface area contributed by atoms with Crippen molar-refractivity contribution < 1.29 is 18.5 Å². The van der Waals surface area contributed by atoms with Crippen LogP contribution in [0.5, 0.6) is 0 Å². The molecule has 0 amide bonds. The lowest BCUT2D eigenvalue weighted by Gasteiger charge is -2.37. The summed E-state index contributed by atoms with van der Waals surface area (Å²) < 4.78 is 25.0. The number of nitro benzene ring substituents is 1. The van der Waals surface area contributed by atoms with Gasteiger partial charge < -0.3 is 9.05 Å². The molecular weight excluding hydrogens is 367 g/mol. The van der Waals surface area contributed by atoms with Crippen LogP contribution in [-0.2, 0) is 18.8 Å². The van der Waals surface area contributed by atoms with Gasteiger partial charge in [-0.3, -0.25) is 14.7 Å². The van der Waals surface area contributed by atoms with Crippen LogP contribution in [0.15, 0.2) is 48.5 Å². The molecule has 0 aliphatic carbocycles. The van der Waals surface area contributed by atoms with Crippen molar-refractivity contribution in [3.63, 3.8) is 0 Å². The van der Waals surface area contributed by atoms with Crippen LogP contribution in [0.4, 0.5) is 5.69 Å². The van der Waals surface area contributed by atoms with Gasteiger partial charge in [-0.25, -0.2) is 0 Å². The number of benzene rings is 2. The Morgan fingerprint density at radius 1 is 1.11 bits per heavy atom. The molecule has 1 atom stereocenters. The van der Waals surface area contributed by atoms with Crippen molar-refractivity contribution in [2.75, 3.05) is 13.2 Å². The summed E-state index contributed by atoms with van der Waals surface area (Å²) in [5, 5.41) is 19.3. The van der Waals surface area contributed by atoms with Gasteiger partial charge in [0.15, 0.2) is 0 Å². The summed E-state index contributed by atoms with van der Waals surface area (Å²) in [7, 11) is -3.73. The zero-order chi connectivity index (χ0) is 20.1. The first-order chi connectivity index (χ1) is 12.8. The molecule has 2 aromatic carbocycles. The number of nitrogens with zero attached hydrogens (tertiary/aromatic N) is 2. The third-order valence-electron chi connectivity index (χ3n) is 4.36. The van der Waals surface area contributed by atoms with E-state index in [1.54, 1.807) is 45.0 Å². The molecule has 8 heteroatoms. The second kappa shape index (κ2) is 8.45. The lowest BCUT2D eigenvalue weighted by Crippen LogP contribution is -2.27. The van der Waals surface area contributed by atoms with Gasteiger partial charge in [0.05, 0.1) is 18.1 Å². The van der Waals surface area contributed by atoms with Crippen molar-refractivity contribution in [3.8, 4) is 6.07 Å². The van der Waals surface area contributed by atoms with Gasteiger partial charge in [0.1, 0.15) is 16.8 Å². The molecule has 142 valence electrons. The highest BCUT2D eigenvalue weighted by Crippen LogP contribution is 2.67. The summed E-state index contributed by atoms with van der Waals surface area (Å²) in [6.07, 6.45) is 0. The molecule has 0 bridgehead atoms. The fourth-order valence-corrected chi connectivity index (χ4v) is 5.16. The first-order valence-corrected chi connectivity index (χ1v) is 10.0. The zero-order valence-electron chi connectivity index (χ0n) is 15.4. The van der Waals surface area contributed by atoms with Crippen LogP contribution in [-0.4, -0.2) is 18.1 Å². The third-order valence-corrected chi connectivity index (χ3v) is 7.17. The van der Waals surface area contributed by atoms with Gasteiger partial charge in [0.2, 0.25) is 0 Å². The van der Waals surface area contributed by atoms with E-state index in [4.69, 9.17) is 9.05 Å². The Hall–Kier alpha value is -2.52. The Morgan fingerprint density at radius 2 is 1.70 bits per heavy atom. The number of hydrogen-bond acceptors (Lipinski definition) is 6. The SMILES string of the molecule is CCOP(=O)(OCC)C(C)(c1ccccc1)c1ccc([N+](=O)[O-])c(C#N)c1. The van der Waals surface area contributed by atoms with Gasteiger partial charge in [-0.2, -0.15) is 5.26 Å². The predicted octanol–water partition coefficient (Wildman–Crippen LogP) is 5.00. The van der Waals surface area contributed by atoms with Gasteiger partial charge in [0, 0.05) is 6.07 Å². The van der Waals surface area contributed by atoms with Crippen LogP contribution >= 0.6 is 7.60 Å². The number of nitriles is 1. The van der Waals surface area contributed by atoms with Crippen LogP contribution in [0.2, 0.25) is 0 Å². The molecule has 0 aromatic heterocycles. The fourth-order valence-electron chi connectivity index (χ4n) is 2.97. The Labute approximate surface area is 158 Å². The highest BCUT2D eigenvalue weighted by molar-refractivity contribution is 7.55. The van der Waals surface area contributed by atoms with Crippen LogP contribution in [0.1, 0.15) is 37.5 Å². The average molecular weight is 388 g/mol. The monoisotopic (exact) mass is 388 g/mol. The summed E-state index contributed by atoms with van der Waals surface area (Å²) in [4.78, 5) is 10.5. The Balaban J connectivity index is 2.81. The van der Waals surface area contributed by atoms with E-state index in [0.717, 1.165) is 0 Å². The second-order valence-corrected chi connectivity index (χ2v) is 8.28. The number of hydrogen-bond donors (Lipinski definition) is 0. The maximum absolute atomic E-state index is 13.8. The second-order valence-electron chi connectivity index (χ2n) is 5.87. The lowest BCUT2D eigenvalue weighted by atomic mass is 9.90. The largest absolute Gasteiger partial charge is 0.345 e. The van der Waals surface area contributed by atoms with E-state index in [2.05, 4.69) is 0 Å². The minimum absolute atomic E-state index is 0.112. The molecular formula is C19H21N2O5P. The highest BCUT2D eigenvalue weighted by Gasteiger charge is 2.50. The Bertz CT molecular complexity index is 900. The third kappa shape index (κ3) is 3.79. The number of nitro groups is 1. The van der Waals surface area contributed by atoms with Crippen molar-refractivity contribution in [1.29, 1.82) is 5.26 Å². The summed E-state index contributed by atoms with van der Waals surface area (Å²) in [5.41, 5.74) is 0.688. The lowest BCUT2D eigenvalue weighted by molar-refractivity contribution is -0.385. The van der Waals surface area contributed by atoms with Crippen LogP contribution in [0.3, 0.4) is 0 Å². The van der Waals surface area contributed by atoms with E-state index >= 15 is 0 Å². The molecule has 0 aliphatic rings. The van der Waals surface area contributed by atoms with Crippen LogP contribution in [0.25, 0.3) is 0 Å². The minimum atomic E-state index is -3.73. The molecule has 0 fully saturated rings. The van der Waals surface area contributed by atoms with Crippen LogP contribution in [0, 0.1) is 21.4 Å².